The zero-order valence-electron chi connectivity index (χ0n) is 14.7. The fraction of sp³-hybridized carbons (Fsp3) is 0.217. The number of aliphatic hydroxyl groups is 1. The van der Waals surface area contributed by atoms with Crippen LogP contribution in [0.15, 0.2) is 54.3 Å². The van der Waals surface area contributed by atoms with Crippen molar-refractivity contribution in [3.05, 3.63) is 86.3 Å². The first kappa shape index (κ1) is 15.9. The van der Waals surface area contributed by atoms with Crippen LogP contribution in [0.25, 0.3) is 17.2 Å². The molecule has 126 valence electrons. The van der Waals surface area contributed by atoms with E-state index < -0.39 is 0 Å². The minimum Gasteiger partial charge on any atom is -0.491 e. The molecular weight excluding hydrogens is 308 g/mol. The van der Waals surface area contributed by atoms with E-state index in [0.29, 0.717) is 6.61 Å². The fourth-order valence-corrected chi connectivity index (χ4v) is 3.77. The van der Waals surface area contributed by atoms with Gasteiger partial charge in [0.15, 0.2) is 0 Å². The molecule has 2 heteroatoms. The van der Waals surface area contributed by atoms with Crippen molar-refractivity contribution in [2.45, 2.75) is 20.3 Å². The Balaban J connectivity index is 2.07. The zero-order valence-corrected chi connectivity index (χ0v) is 14.7. The molecule has 2 aromatic rings. The van der Waals surface area contributed by atoms with E-state index in [1.54, 1.807) is 0 Å². The third-order valence-corrected chi connectivity index (χ3v) is 4.87. The van der Waals surface area contributed by atoms with Gasteiger partial charge in [-0.2, -0.15) is 0 Å². The van der Waals surface area contributed by atoms with E-state index in [0.717, 1.165) is 12.2 Å². The molecule has 2 aliphatic rings. The van der Waals surface area contributed by atoms with E-state index in [2.05, 4.69) is 62.4 Å². The van der Waals surface area contributed by atoms with Crippen molar-refractivity contribution in [2.24, 2.45) is 0 Å². The molecule has 1 N–H and O–H groups in total. The van der Waals surface area contributed by atoms with Crippen LogP contribution in [-0.4, -0.2) is 18.3 Å². The largest absolute Gasteiger partial charge is 0.491 e. The molecular formula is C23H22O2. The maximum absolute atomic E-state index is 9.12. The Hall–Kier alpha value is -2.58. The highest BCUT2D eigenvalue weighted by atomic mass is 16.5. The van der Waals surface area contributed by atoms with E-state index in [-0.39, 0.29) is 6.61 Å². The Morgan fingerprint density at radius 3 is 2.72 bits per heavy atom. The Kier molecular flexibility index (Phi) is 4.06. The normalized spacial score (nSPS) is 14.4. The molecule has 0 amide bonds. The molecule has 0 saturated carbocycles. The highest BCUT2D eigenvalue weighted by molar-refractivity contribution is 5.81. The molecule has 2 nitrogen and oxygen atoms in total. The third kappa shape index (κ3) is 2.63. The number of allylic oxidation sites excluding steroid dienone is 3. The van der Waals surface area contributed by atoms with Crippen LogP contribution in [0.1, 0.15) is 31.4 Å². The quantitative estimate of drug-likeness (QED) is 0.797. The van der Waals surface area contributed by atoms with E-state index >= 15 is 0 Å². The number of rotatable bonds is 4. The second-order valence-electron chi connectivity index (χ2n) is 6.70. The minimum atomic E-state index is 0.0286. The van der Waals surface area contributed by atoms with Crippen molar-refractivity contribution >= 4 is 17.2 Å². The second-order valence-corrected chi connectivity index (χ2v) is 6.70. The maximum atomic E-state index is 9.12. The summed E-state index contributed by atoms with van der Waals surface area (Å²) in [6.45, 7) is 4.67. The Bertz CT molecular complexity index is 1110. The van der Waals surface area contributed by atoms with Crippen molar-refractivity contribution in [1.29, 1.82) is 0 Å². The maximum Gasteiger partial charge on any atom is 0.123 e. The molecule has 4 rings (SSSR count). The van der Waals surface area contributed by atoms with Crippen LogP contribution in [0.3, 0.4) is 0 Å². The summed E-state index contributed by atoms with van der Waals surface area (Å²) in [6.07, 6.45) is 7.32. The molecule has 0 radical (unpaired) electrons. The number of ether oxygens (including phenoxy) is 1. The lowest BCUT2D eigenvalue weighted by atomic mass is 9.93. The van der Waals surface area contributed by atoms with Gasteiger partial charge in [0.1, 0.15) is 12.4 Å². The summed E-state index contributed by atoms with van der Waals surface area (Å²) in [6, 6.07) is 13.0. The number of hydrogen-bond donors (Lipinski definition) is 1. The highest BCUT2D eigenvalue weighted by Gasteiger charge is 2.19. The van der Waals surface area contributed by atoms with Crippen LogP contribution in [-0.2, 0) is 4.74 Å². The predicted molar refractivity (Wildman–Crippen MR) is 102 cm³/mol. The highest BCUT2D eigenvalue weighted by Crippen LogP contribution is 2.31. The molecule has 0 bridgehead atoms. The van der Waals surface area contributed by atoms with E-state index in [1.165, 1.54) is 43.1 Å². The average Bonchev–Trinajstić information content (AvgIpc) is 3.23. The van der Waals surface area contributed by atoms with Gasteiger partial charge in [-0.25, -0.2) is 0 Å². The van der Waals surface area contributed by atoms with Gasteiger partial charge in [0, 0.05) is 5.57 Å². The topological polar surface area (TPSA) is 29.5 Å². The van der Waals surface area contributed by atoms with Gasteiger partial charge in [-0.05, 0) is 64.4 Å². The summed E-state index contributed by atoms with van der Waals surface area (Å²) in [4.78, 5) is 0. The standard InChI is InChI=1S/C23H22O2/c1-15(2)17-10-11-19-18-7-4-3-6-16(18)14-21(19)23(17)20-8-5-9-22(20)25-13-12-24/h3-7,9-11,14,24H,8,12-13H2,1-2H3. The van der Waals surface area contributed by atoms with Crippen LogP contribution in [0.4, 0.5) is 0 Å². The molecule has 0 fully saturated rings. The lowest BCUT2D eigenvalue weighted by Crippen LogP contribution is -2.14. The van der Waals surface area contributed by atoms with E-state index in [1.807, 2.05) is 6.08 Å². The number of fused-ring (bicyclic) bond motifs is 2. The molecule has 2 aromatic carbocycles. The summed E-state index contributed by atoms with van der Waals surface area (Å²) in [5.41, 5.74) is 5.06. The Morgan fingerprint density at radius 1 is 1.08 bits per heavy atom. The summed E-state index contributed by atoms with van der Waals surface area (Å²) in [5, 5.41) is 14.2. The summed E-state index contributed by atoms with van der Waals surface area (Å²) in [5.74, 6) is 0.884. The summed E-state index contributed by atoms with van der Waals surface area (Å²) >= 11 is 0. The van der Waals surface area contributed by atoms with Crippen molar-refractivity contribution in [1.82, 2.24) is 0 Å². The summed E-state index contributed by atoms with van der Waals surface area (Å²) < 4.78 is 5.81. The zero-order chi connectivity index (χ0) is 17.4. The molecule has 0 spiro atoms. The van der Waals surface area contributed by atoms with Crippen molar-refractivity contribution in [2.75, 3.05) is 13.2 Å². The van der Waals surface area contributed by atoms with Crippen molar-refractivity contribution < 1.29 is 9.84 Å². The number of benzene rings is 2. The molecule has 0 heterocycles. The van der Waals surface area contributed by atoms with Gasteiger partial charge in [-0.3, -0.25) is 0 Å². The third-order valence-electron chi connectivity index (χ3n) is 4.87. The predicted octanol–water partition coefficient (Wildman–Crippen LogP) is 2.99. The first-order chi connectivity index (χ1) is 12.2. The van der Waals surface area contributed by atoms with Gasteiger partial charge in [0.25, 0.3) is 0 Å². The number of hydrogen-bond acceptors (Lipinski definition) is 2. The monoisotopic (exact) mass is 330 g/mol. The van der Waals surface area contributed by atoms with Gasteiger partial charge in [-0.15, -0.1) is 0 Å². The van der Waals surface area contributed by atoms with Gasteiger partial charge in [0.05, 0.1) is 6.61 Å². The van der Waals surface area contributed by atoms with Gasteiger partial charge in [-0.1, -0.05) is 48.0 Å². The molecule has 0 atom stereocenters. The van der Waals surface area contributed by atoms with Crippen LogP contribution >= 0.6 is 0 Å². The lowest BCUT2D eigenvalue weighted by molar-refractivity contribution is 0.153. The molecule has 0 aliphatic heterocycles. The summed E-state index contributed by atoms with van der Waals surface area (Å²) in [7, 11) is 0. The van der Waals surface area contributed by atoms with Crippen molar-refractivity contribution in [3.63, 3.8) is 0 Å². The fourth-order valence-electron chi connectivity index (χ4n) is 3.77. The Labute approximate surface area is 147 Å². The molecule has 2 aliphatic carbocycles. The van der Waals surface area contributed by atoms with Crippen LogP contribution in [0.2, 0.25) is 0 Å². The van der Waals surface area contributed by atoms with E-state index in [4.69, 9.17) is 9.84 Å². The van der Waals surface area contributed by atoms with Crippen molar-refractivity contribution in [3.8, 4) is 0 Å². The van der Waals surface area contributed by atoms with Crippen LogP contribution in [0.5, 0.6) is 0 Å². The van der Waals surface area contributed by atoms with E-state index in [9.17, 15) is 0 Å². The molecule has 25 heavy (non-hydrogen) atoms. The van der Waals surface area contributed by atoms with Gasteiger partial charge < -0.3 is 9.84 Å². The second kappa shape index (κ2) is 6.38. The van der Waals surface area contributed by atoms with Gasteiger partial charge in [0.2, 0.25) is 0 Å². The first-order valence-electron chi connectivity index (χ1n) is 8.76. The lowest BCUT2D eigenvalue weighted by Gasteiger charge is -2.13. The molecule has 0 unspecified atom stereocenters. The first-order valence-corrected chi connectivity index (χ1v) is 8.76. The molecule has 0 aromatic heterocycles. The smallest absolute Gasteiger partial charge is 0.123 e. The van der Waals surface area contributed by atoms with Gasteiger partial charge >= 0.3 is 0 Å². The molecule has 0 saturated heterocycles. The minimum absolute atomic E-state index is 0.0286. The Morgan fingerprint density at radius 2 is 1.92 bits per heavy atom. The van der Waals surface area contributed by atoms with Crippen LogP contribution < -0.4 is 10.4 Å². The van der Waals surface area contributed by atoms with Crippen LogP contribution in [0, 0.1) is 10.4 Å². The number of aliphatic hydroxyl groups excluding tert-OH is 1. The SMILES string of the molecule is CC(C)=c1ccc2c(c1C1=C(OCCO)C=CC1)C=c1ccccc1=2. The average molecular weight is 330 g/mol.